The van der Waals surface area contributed by atoms with Gasteiger partial charge in [0.05, 0.1) is 12.9 Å². The first-order chi connectivity index (χ1) is 13.5. The van der Waals surface area contributed by atoms with Crippen LogP contribution in [0.1, 0.15) is 39.1 Å². The molecule has 0 aliphatic carbocycles. The second kappa shape index (κ2) is 10.8. The molecule has 0 aliphatic rings. The summed E-state index contributed by atoms with van der Waals surface area (Å²) in [5.41, 5.74) is 0. The molecule has 28 heavy (non-hydrogen) atoms. The zero-order valence-electron chi connectivity index (χ0n) is 16.8. The number of hydrogen-bond acceptors (Lipinski definition) is 6. The van der Waals surface area contributed by atoms with Crippen LogP contribution in [-0.4, -0.2) is 39.6 Å². The van der Waals surface area contributed by atoms with Gasteiger partial charge in [-0.05, 0) is 32.4 Å². The van der Waals surface area contributed by atoms with Crippen molar-refractivity contribution in [2.24, 2.45) is 0 Å². The average molecular weight is 405 g/mol. The molecule has 7 nitrogen and oxygen atoms in total. The molecule has 2 unspecified atom stereocenters. The lowest BCUT2D eigenvalue weighted by Gasteiger charge is -2.16. The summed E-state index contributed by atoms with van der Waals surface area (Å²) in [6.07, 6.45) is 2.34. The van der Waals surface area contributed by atoms with Crippen LogP contribution in [0.25, 0.3) is 0 Å². The number of carbonyl (C=O) groups is 1. The Bertz CT molecular complexity index is 794. The third kappa shape index (κ3) is 6.02. The molecule has 0 spiro atoms. The fraction of sp³-hybridized carbons (Fsp3) is 0.450. The maximum absolute atomic E-state index is 12.1. The fourth-order valence-corrected chi connectivity index (χ4v) is 3.25. The first kappa shape index (κ1) is 21.8. The van der Waals surface area contributed by atoms with Crippen molar-refractivity contribution in [3.8, 4) is 11.5 Å². The number of thioether (sulfide) groups is 1. The molecular weight excluding hydrogens is 376 g/mol. The van der Waals surface area contributed by atoms with E-state index in [1.165, 1.54) is 11.8 Å². The van der Waals surface area contributed by atoms with Crippen molar-refractivity contribution >= 4 is 17.7 Å². The molecule has 0 radical (unpaired) electrons. The maximum Gasteiger partial charge on any atom is 0.230 e. The Kier molecular flexibility index (Phi) is 8.38. The summed E-state index contributed by atoms with van der Waals surface area (Å²) in [6.45, 7) is 10.3. The Morgan fingerprint density at radius 1 is 1.36 bits per heavy atom. The minimum atomic E-state index is -0.331. The van der Waals surface area contributed by atoms with Crippen molar-refractivity contribution in [2.75, 3.05) is 12.9 Å². The zero-order valence-corrected chi connectivity index (χ0v) is 17.7. The Hall–Kier alpha value is -2.48. The first-order valence-corrected chi connectivity index (χ1v) is 10.2. The summed E-state index contributed by atoms with van der Waals surface area (Å²) < 4.78 is 13.2. The van der Waals surface area contributed by atoms with Crippen LogP contribution in [0.5, 0.6) is 11.5 Å². The van der Waals surface area contributed by atoms with E-state index in [-0.39, 0.29) is 23.8 Å². The number of hydrogen-bond donors (Lipinski definition) is 1. The highest BCUT2D eigenvalue weighted by Gasteiger charge is 2.20. The van der Waals surface area contributed by atoms with Crippen LogP contribution in [0, 0.1) is 0 Å². The van der Waals surface area contributed by atoms with Crippen LogP contribution < -0.4 is 14.8 Å². The summed E-state index contributed by atoms with van der Waals surface area (Å²) >= 11 is 1.35. The summed E-state index contributed by atoms with van der Waals surface area (Å²) in [5.74, 6) is 2.34. The number of nitrogens with zero attached hydrogens (tertiary/aromatic N) is 3. The third-order valence-electron chi connectivity index (χ3n) is 4.13. The van der Waals surface area contributed by atoms with E-state index in [4.69, 9.17) is 9.47 Å². The zero-order chi connectivity index (χ0) is 20.5. The summed E-state index contributed by atoms with van der Waals surface area (Å²) in [6, 6.07) is 7.57. The topological polar surface area (TPSA) is 78.3 Å². The number of ether oxygens (including phenoxy) is 2. The van der Waals surface area contributed by atoms with E-state index in [0.29, 0.717) is 23.3 Å². The Morgan fingerprint density at radius 2 is 2.11 bits per heavy atom. The van der Waals surface area contributed by atoms with Gasteiger partial charge in [-0.2, -0.15) is 0 Å². The van der Waals surface area contributed by atoms with Crippen LogP contribution in [0.15, 0.2) is 42.1 Å². The van der Waals surface area contributed by atoms with Gasteiger partial charge in [0.15, 0.2) is 17.1 Å². The van der Waals surface area contributed by atoms with E-state index in [1.54, 1.807) is 13.2 Å². The second-order valence-corrected chi connectivity index (χ2v) is 7.29. The third-order valence-corrected chi connectivity index (χ3v) is 5.09. The molecule has 0 saturated heterocycles. The molecule has 152 valence electrons. The number of nitrogens with one attached hydrogen (secondary N) is 1. The molecule has 1 amide bonds. The molecule has 0 bridgehead atoms. The number of amides is 1. The molecule has 0 aliphatic heterocycles. The number of carbonyl (C=O) groups excluding carboxylic acids is 1. The van der Waals surface area contributed by atoms with E-state index < -0.39 is 0 Å². The molecule has 1 N–H and O–H groups in total. The lowest BCUT2D eigenvalue weighted by Crippen LogP contribution is -2.33. The maximum atomic E-state index is 12.1. The monoisotopic (exact) mass is 404 g/mol. The fourth-order valence-electron chi connectivity index (χ4n) is 2.49. The highest BCUT2D eigenvalue weighted by atomic mass is 32.2. The van der Waals surface area contributed by atoms with E-state index in [2.05, 4.69) is 22.1 Å². The van der Waals surface area contributed by atoms with Gasteiger partial charge in [0.25, 0.3) is 0 Å². The predicted octanol–water partition coefficient (Wildman–Crippen LogP) is 3.62. The smallest absolute Gasteiger partial charge is 0.230 e. The van der Waals surface area contributed by atoms with Gasteiger partial charge >= 0.3 is 0 Å². The molecule has 0 saturated carbocycles. The molecule has 2 rings (SSSR count). The van der Waals surface area contributed by atoms with Gasteiger partial charge in [0.2, 0.25) is 5.91 Å². The summed E-state index contributed by atoms with van der Waals surface area (Å²) in [4.78, 5) is 12.1. The van der Waals surface area contributed by atoms with Crippen LogP contribution in [0.3, 0.4) is 0 Å². The SMILES string of the molecule is C=CCn1c(SCC(=O)NC(C)CC)nnc1C(C)Oc1cccc(OC)c1. The summed E-state index contributed by atoms with van der Waals surface area (Å²) in [5, 5.41) is 12.1. The van der Waals surface area contributed by atoms with Crippen molar-refractivity contribution in [2.45, 2.75) is 51.0 Å². The second-order valence-electron chi connectivity index (χ2n) is 6.34. The van der Waals surface area contributed by atoms with E-state index in [1.807, 2.05) is 49.6 Å². The predicted molar refractivity (Wildman–Crippen MR) is 111 cm³/mol. The first-order valence-electron chi connectivity index (χ1n) is 9.25. The molecule has 1 aromatic heterocycles. The van der Waals surface area contributed by atoms with Crippen molar-refractivity contribution in [1.29, 1.82) is 0 Å². The van der Waals surface area contributed by atoms with Crippen LogP contribution >= 0.6 is 11.8 Å². The highest BCUT2D eigenvalue weighted by molar-refractivity contribution is 7.99. The van der Waals surface area contributed by atoms with Gasteiger partial charge in [0, 0.05) is 18.7 Å². The molecule has 2 atom stereocenters. The Morgan fingerprint density at radius 3 is 2.79 bits per heavy atom. The van der Waals surface area contributed by atoms with Gasteiger partial charge in [-0.15, -0.1) is 16.8 Å². The quantitative estimate of drug-likeness (QED) is 0.455. The molecular formula is C20H28N4O3S. The van der Waals surface area contributed by atoms with Crippen molar-refractivity contribution in [3.05, 3.63) is 42.7 Å². The normalized spacial score (nSPS) is 12.9. The minimum absolute atomic E-state index is 0.0188. The van der Waals surface area contributed by atoms with Crippen LogP contribution in [0.4, 0.5) is 0 Å². The molecule has 2 aromatic rings. The van der Waals surface area contributed by atoms with Gasteiger partial charge in [-0.3, -0.25) is 9.36 Å². The number of aromatic nitrogens is 3. The van der Waals surface area contributed by atoms with E-state index in [9.17, 15) is 4.79 Å². The number of rotatable bonds is 11. The van der Waals surface area contributed by atoms with E-state index in [0.717, 1.165) is 12.2 Å². The van der Waals surface area contributed by atoms with Crippen molar-refractivity contribution < 1.29 is 14.3 Å². The van der Waals surface area contributed by atoms with Gasteiger partial charge in [-0.25, -0.2) is 0 Å². The molecule has 0 fully saturated rings. The lowest BCUT2D eigenvalue weighted by atomic mass is 10.3. The molecule has 1 heterocycles. The number of allylic oxidation sites excluding steroid dienone is 1. The number of methoxy groups -OCH3 is 1. The Labute approximate surface area is 170 Å². The lowest BCUT2D eigenvalue weighted by molar-refractivity contribution is -0.119. The molecule has 8 heteroatoms. The van der Waals surface area contributed by atoms with E-state index >= 15 is 0 Å². The van der Waals surface area contributed by atoms with Crippen LogP contribution in [-0.2, 0) is 11.3 Å². The summed E-state index contributed by atoms with van der Waals surface area (Å²) in [7, 11) is 1.62. The number of benzene rings is 1. The van der Waals surface area contributed by atoms with Gasteiger partial charge < -0.3 is 14.8 Å². The molecule has 1 aromatic carbocycles. The minimum Gasteiger partial charge on any atom is -0.497 e. The Balaban J connectivity index is 2.09. The van der Waals surface area contributed by atoms with Gasteiger partial charge in [0.1, 0.15) is 11.5 Å². The largest absolute Gasteiger partial charge is 0.497 e. The van der Waals surface area contributed by atoms with Gasteiger partial charge in [-0.1, -0.05) is 30.8 Å². The highest BCUT2D eigenvalue weighted by Crippen LogP contribution is 2.26. The average Bonchev–Trinajstić information content (AvgIpc) is 3.09. The van der Waals surface area contributed by atoms with Crippen LogP contribution in [0.2, 0.25) is 0 Å². The van der Waals surface area contributed by atoms with Crippen molar-refractivity contribution in [1.82, 2.24) is 20.1 Å². The van der Waals surface area contributed by atoms with Crippen molar-refractivity contribution in [3.63, 3.8) is 0 Å². The standard InChI is InChI=1S/C20H28N4O3S/c1-6-11-24-19(15(4)27-17-10-8-9-16(12-17)26-5)22-23-20(24)28-13-18(25)21-14(3)7-2/h6,8-10,12,14-15H,1,7,11,13H2,2-5H3,(H,21,25).